The number of aromatic nitrogens is 1. The Hall–Kier alpha value is -4.43. The molecule has 0 bridgehead atoms. The van der Waals surface area contributed by atoms with E-state index in [1.807, 2.05) is 5.32 Å². The monoisotopic (exact) mass is 778 g/mol. The zero-order valence-corrected chi connectivity index (χ0v) is 28.6. The Morgan fingerprint density at radius 2 is 1.50 bits per heavy atom. The molecule has 0 radical (unpaired) electrons. The van der Waals surface area contributed by atoms with E-state index >= 15 is 4.39 Å². The second kappa shape index (κ2) is 14.2. The summed E-state index contributed by atoms with van der Waals surface area (Å²) >= 11 is 0. The van der Waals surface area contributed by atoms with Crippen LogP contribution < -0.4 is 25.8 Å². The van der Waals surface area contributed by atoms with Crippen LogP contribution in [-0.2, 0) is 28.3 Å². The highest BCUT2D eigenvalue weighted by molar-refractivity contribution is 7.70. The number of fused-ring (bicyclic) bond motifs is 2. The number of ether oxygens (including phenoxy) is 1. The fraction of sp³-hybridized carbons (Fsp3) is 0.429. The Bertz CT molecular complexity index is 1910. The van der Waals surface area contributed by atoms with Gasteiger partial charge >= 0.3 is 32.8 Å². The van der Waals surface area contributed by atoms with Crippen molar-refractivity contribution in [3.05, 3.63) is 47.3 Å². The molecule has 2 aliphatic heterocycles. The van der Waals surface area contributed by atoms with Gasteiger partial charge in [0.2, 0.25) is 11.8 Å². The average molecular weight is 779 g/mol. The van der Waals surface area contributed by atoms with Crippen LogP contribution in [0.3, 0.4) is 0 Å². The van der Waals surface area contributed by atoms with Gasteiger partial charge in [0, 0.05) is 31.7 Å². The number of carboxylic acid groups (broad SMARTS) is 1. The summed E-state index contributed by atoms with van der Waals surface area (Å²) < 4.78 is 70.6. The maximum absolute atomic E-state index is 15.4. The van der Waals surface area contributed by atoms with Crippen molar-refractivity contribution < 1.29 is 75.7 Å². The van der Waals surface area contributed by atoms with E-state index in [4.69, 9.17) is 19.6 Å². The lowest BCUT2D eigenvalue weighted by molar-refractivity contribution is -0.139. The molecule has 3 aliphatic rings. The van der Waals surface area contributed by atoms with E-state index < -0.39 is 98.0 Å². The molecule has 0 spiro atoms. The third-order valence-electron chi connectivity index (χ3n) is 8.73. The number of piperidine rings is 1. The number of anilines is 3. The first-order valence-corrected chi connectivity index (χ1v) is 18.6. The molecular weight excluding hydrogens is 747 g/mol. The molecule has 3 heterocycles. The van der Waals surface area contributed by atoms with E-state index in [0.717, 1.165) is 30.0 Å². The number of Topliss-reactive ketones (excluding diaryl/α,β-unsaturated/α-hetero) is 1. The molecule has 19 nitrogen and oxygen atoms in total. The summed E-state index contributed by atoms with van der Waals surface area (Å²) in [7, 11) is -11.2. The third-order valence-corrected chi connectivity index (χ3v) is 11.9. The first kappa shape index (κ1) is 38.8. The van der Waals surface area contributed by atoms with Gasteiger partial charge in [0.1, 0.15) is 29.4 Å². The van der Waals surface area contributed by atoms with Gasteiger partial charge in [0.05, 0.1) is 17.3 Å². The molecule has 2 unspecified atom stereocenters. The fourth-order valence-electron chi connectivity index (χ4n) is 6.08. The van der Waals surface area contributed by atoms with Gasteiger partial charge in [-0.25, -0.2) is 22.9 Å². The van der Waals surface area contributed by atoms with Crippen molar-refractivity contribution in [3.63, 3.8) is 0 Å². The lowest BCUT2D eigenvalue weighted by Crippen LogP contribution is -2.52. The number of amides is 3. The maximum Gasteiger partial charge on any atom is 0.409 e. The number of benzene rings is 1. The molecule has 24 heteroatoms. The van der Waals surface area contributed by atoms with Crippen LogP contribution in [0.5, 0.6) is 0 Å². The number of carbonyl (C=O) groups excluding carboxylic acids is 4. The van der Waals surface area contributed by atoms with Crippen molar-refractivity contribution in [3.8, 4) is 0 Å². The third kappa shape index (κ3) is 7.97. The van der Waals surface area contributed by atoms with Crippen LogP contribution in [0.4, 0.5) is 35.3 Å². The highest BCUT2D eigenvalue weighted by Gasteiger charge is 2.57. The lowest BCUT2D eigenvalue weighted by atomic mass is 9.92. The number of aliphatic carboxylic acids is 1. The zero-order valence-electron chi connectivity index (χ0n) is 26.8. The molecule has 3 amide bonds. The second-order valence-electron chi connectivity index (χ2n) is 12.4. The first-order chi connectivity index (χ1) is 24.1. The average Bonchev–Trinajstić information content (AvgIpc) is 3.44. The minimum atomic E-state index is -5.61. The molecule has 52 heavy (non-hydrogen) atoms. The number of hydrogen-bond donors (Lipinski definition) is 8. The van der Waals surface area contributed by atoms with Gasteiger partial charge < -0.3 is 49.9 Å². The van der Waals surface area contributed by atoms with Crippen LogP contribution in [-0.4, -0.2) is 103 Å². The minimum Gasteiger partial charge on any atom is -0.481 e. The molecule has 1 aromatic heterocycles. The molecule has 6 atom stereocenters. The number of hydrogen-bond acceptors (Lipinski definition) is 12. The predicted molar refractivity (Wildman–Crippen MR) is 169 cm³/mol. The van der Waals surface area contributed by atoms with Crippen molar-refractivity contribution >= 4 is 62.2 Å². The van der Waals surface area contributed by atoms with Crippen LogP contribution in [0.1, 0.15) is 24.2 Å². The quantitative estimate of drug-likeness (QED) is 0.113. The number of halogens is 3. The Kier molecular flexibility index (Phi) is 10.6. The summed E-state index contributed by atoms with van der Waals surface area (Å²) in [5.74, 6) is -9.69. The Morgan fingerprint density at radius 3 is 2.06 bits per heavy atom. The smallest absolute Gasteiger partial charge is 0.409 e. The number of alkyl carbamates (subject to hydrolysis) is 1. The molecular formula is C28H31F3N6O13P2. The first-order valence-electron chi connectivity index (χ1n) is 15.2. The molecule has 5 rings (SSSR count). The Labute approximate surface area is 290 Å². The minimum absolute atomic E-state index is 0.141. The van der Waals surface area contributed by atoms with E-state index in [1.165, 1.54) is 6.92 Å². The van der Waals surface area contributed by atoms with Crippen LogP contribution in [0, 0.1) is 35.2 Å². The van der Waals surface area contributed by atoms with Gasteiger partial charge in [-0.3, -0.25) is 33.6 Å². The van der Waals surface area contributed by atoms with Gasteiger partial charge in [-0.1, -0.05) is 0 Å². The molecule has 1 saturated carbocycles. The molecule has 282 valence electrons. The molecule has 2 fully saturated rings. The van der Waals surface area contributed by atoms with E-state index in [-0.39, 0.29) is 48.3 Å². The number of nitrogens with zero attached hydrogens (tertiary/aromatic N) is 3. The van der Waals surface area contributed by atoms with Gasteiger partial charge in [0.25, 0.3) is 0 Å². The second-order valence-corrected chi connectivity index (χ2v) is 16.1. The molecule has 1 aromatic carbocycles. The molecule has 1 aliphatic carbocycles. The van der Waals surface area contributed by atoms with Crippen molar-refractivity contribution in [2.75, 3.05) is 29.4 Å². The van der Waals surface area contributed by atoms with Gasteiger partial charge in [0.15, 0.2) is 17.4 Å². The summed E-state index contributed by atoms with van der Waals surface area (Å²) in [6.45, 7) is 2.34. The summed E-state index contributed by atoms with van der Waals surface area (Å²) in [4.78, 5) is 105. The number of rotatable bonds is 11. The van der Waals surface area contributed by atoms with Crippen molar-refractivity contribution in [1.82, 2.24) is 20.9 Å². The summed E-state index contributed by atoms with van der Waals surface area (Å²) in [5.41, 5.74) is -3.79. The van der Waals surface area contributed by atoms with Gasteiger partial charge in [-0.2, -0.15) is 0 Å². The van der Waals surface area contributed by atoms with Crippen molar-refractivity contribution in [1.29, 1.82) is 0 Å². The van der Waals surface area contributed by atoms with Crippen molar-refractivity contribution in [2.45, 2.75) is 37.6 Å². The largest absolute Gasteiger partial charge is 0.481 e. The number of imide groups is 1. The van der Waals surface area contributed by atoms with E-state index in [0.29, 0.717) is 6.07 Å². The Balaban J connectivity index is 1.19. The highest BCUT2D eigenvalue weighted by atomic mass is 31.2. The summed E-state index contributed by atoms with van der Waals surface area (Å²) in [5, 5.41) is 16.4. The topological polar surface area (TPSA) is 285 Å². The van der Waals surface area contributed by atoms with Crippen molar-refractivity contribution in [2.24, 2.45) is 17.8 Å². The molecule has 1 saturated heterocycles. The van der Waals surface area contributed by atoms with E-state index in [2.05, 4.69) is 15.0 Å². The lowest BCUT2D eigenvalue weighted by Gasteiger charge is -2.34. The summed E-state index contributed by atoms with van der Waals surface area (Å²) in [6, 6.07) is 0.548. The van der Waals surface area contributed by atoms with Crippen LogP contribution in [0.2, 0.25) is 0 Å². The fourth-order valence-corrected chi connectivity index (χ4v) is 8.11. The standard InChI is InChI=1S/C28H31F3N6O13P2/c1-10(24(39)35-25(40)11(2)33-27(43)50-28(51(44,45)46)52(47,48)49)32-20-14-7-36(8-15(14)20)23-18(31)6-13-21(38)16(26(41)42)9-37(22(13)34-23)19-4-3-12(29)5-17(19)30/h3-6,10-11,14-16,20,28,32H,7-9H2,1-2H3,(H,33,43)(H,41,42)(H,35,39,40)(H2,44,45,46)(H2,47,48,49)/t10?,11-,14-,15+,16?,20+/m0/s1. The van der Waals surface area contributed by atoms with E-state index in [1.54, 1.807) is 10.2 Å². The van der Waals surface area contributed by atoms with Crippen LogP contribution >= 0.6 is 15.2 Å². The highest BCUT2D eigenvalue weighted by Crippen LogP contribution is 2.60. The molecule has 8 N–H and O–H groups in total. The van der Waals surface area contributed by atoms with Crippen LogP contribution in [0.15, 0.2) is 24.3 Å². The number of pyridine rings is 1. The van der Waals surface area contributed by atoms with Gasteiger partial charge in [-0.05, 0) is 43.9 Å². The van der Waals surface area contributed by atoms with Crippen LogP contribution in [0.25, 0.3) is 0 Å². The maximum atomic E-state index is 15.4. The number of ketones is 1. The van der Waals surface area contributed by atoms with E-state index in [9.17, 15) is 47.0 Å². The normalized spacial score (nSPS) is 22.3. The SMILES string of the molecule is CC(N[C@H]1[C@@H]2CN(c3nc4c(cc3F)C(=O)C(C(=O)O)CN4c3ccc(F)cc3F)C[C@@H]21)C(=O)NC(=O)[C@H](C)NC(=O)OC(P(=O)(O)O)P(=O)(O)O. The number of carboxylic acids is 1. The van der Waals surface area contributed by atoms with Gasteiger partial charge in [-0.15, -0.1) is 0 Å². The number of carbonyl (C=O) groups is 5. The molecule has 2 aromatic rings. The summed E-state index contributed by atoms with van der Waals surface area (Å²) in [6.07, 6.45) is -1.76. The predicted octanol–water partition coefficient (Wildman–Crippen LogP) is 0.343. The zero-order chi connectivity index (χ0) is 38.6. The Morgan fingerprint density at radius 1 is 0.904 bits per heavy atom. The number of nitrogens with one attached hydrogen (secondary N) is 3.